The standard InChI is InChI=1S/C18H18FN5O2/c1-25-16-8-7-11(9-17(16)26-2)14-10-15(12-5-3-4-6-13(12)19)24-18(20-14)21-22-23-24/h3-9,14-15H,10H2,1-2H3,(H,20,21,23). The molecule has 134 valence electrons. The SMILES string of the molecule is COc1ccc(C2CC(c3ccccc3F)n3nnnc3N2)cc1OC. The second-order valence-electron chi connectivity index (χ2n) is 6.03. The molecule has 0 spiro atoms. The lowest BCUT2D eigenvalue weighted by molar-refractivity contribution is 0.353. The van der Waals surface area contributed by atoms with Crippen LogP contribution in [0.15, 0.2) is 42.5 Å². The molecule has 1 aliphatic rings. The third-order valence-corrected chi connectivity index (χ3v) is 4.62. The highest BCUT2D eigenvalue weighted by Gasteiger charge is 2.32. The van der Waals surface area contributed by atoms with Gasteiger partial charge in [0.25, 0.3) is 0 Å². The van der Waals surface area contributed by atoms with Crippen molar-refractivity contribution in [3.8, 4) is 11.5 Å². The van der Waals surface area contributed by atoms with E-state index < -0.39 is 0 Å². The molecule has 1 aromatic heterocycles. The summed E-state index contributed by atoms with van der Waals surface area (Å²) < 4.78 is 26.7. The molecule has 2 aromatic carbocycles. The number of nitrogens with one attached hydrogen (secondary N) is 1. The van der Waals surface area contributed by atoms with E-state index in [0.29, 0.717) is 29.4 Å². The van der Waals surface area contributed by atoms with E-state index >= 15 is 0 Å². The summed E-state index contributed by atoms with van der Waals surface area (Å²) in [5.41, 5.74) is 1.55. The monoisotopic (exact) mass is 355 g/mol. The van der Waals surface area contributed by atoms with Gasteiger partial charge in [0.1, 0.15) is 5.82 Å². The number of ether oxygens (including phenoxy) is 2. The van der Waals surface area contributed by atoms with Gasteiger partial charge in [0.2, 0.25) is 5.95 Å². The van der Waals surface area contributed by atoms with Gasteiger partial charge in [-0.2, -0.15) is 0 Å². The van der Waals surface area contributed by atoms with Gasteiger partial charge in [0.15, 0.2) is 11.5 Å². The lowest BCUT2D eigenvalue weighted by Gasteiger charge is -2.31. The lowest BCUT2D eigenvalue weighted by Crippen LogP contribution is -2.28. The van der Waals surface area contributed by atoms with Crippen LogP contribution >= 0.6 is 0 Å². The molecule has 2 unspecified atom stereocenters. The largest absolute Gasteiger partial charge is 0.493 e. The molecule has 0 amide bonds. The van der Waals surface area contributed by atoms with E-state index in [-0.39, 0.29) is 17.9 Å². The zero-order valence-corrected chi connectivity index (χ0v) is 14.4. The van der Waals surface area contributed by atoms with E-state index in [1.54, 1.807) is 31.0 Å². The van der Waals surface area contributed by atoms with Gasteiger partial charge >= 0.3 is 0 Å². The van der Waals surface area contributed by atoms with Gasteiger partial charge < -0.3 is 14.8 Å². The number of benzene rings is 2. The number of nitrogens with zero attached hydrogens (tertiary/aromatic N) is 4. The maximum Gasteiger partial charge on any atom is 0.243 e. The number of fused-ring (bicyclic) bond motifs is 1. The van der Waals surface area contributed by atoms with E-state index in [1.807, 2.05) is 24.3 Å². The van der Waals surface area contributed by atoms with Gasteiger partial charge in [-0.3, -0.25) is 0 Å². The van der Waals surface area contributed by atoms with Crippen LogP contribution in [0.3, 0.4) is 0 Å². The molecule has 26 heavy (non-hydrogen) atoms. The summed E-state index contributed by atoms with van der Waals surface area (Å²) in [7, 11) is 3.19. The molecule has 1 aliphatic heterocycles. The molecule has 0 aliphatic carbocycles. The number of tetrazole rings is 1. The van der Waals surface area contributed by atoms with E-state index in [9.17, 15) is 4.39 Å². The molecule has 0 bridgehead atoms. The van der Waals surface area contributed by atoms with E-state index in [0.717, 1.165) is 5.56 Å². The van der Waals surface area contributed by atoms with Crippen LogP contribution < -0.4 is 14.8 Å². The first-order chi connectivity index (χ1) is 12.7. The first-order valence-electron chi connectivity index (χ1n) is 8.22. The number of hydrogen-bond donors (Lipinski definition) is 1. The van der Waals surface area contributed by atoms with Crippen molar-refractivity contribution in [3.05, 3.63) is 59.4 Å². The van der Waals surface area contributed by atoms with Crippen LogP contribution in [-0.2, 0) is 0 Å². The minimum Gasteiger partial charge on any atom is -0.493 e. The summed E-state index contributed by atoms with van der Waals surface area (Å²) in [4.78, 5) is 0. The van der Waals surface area contributed by atoms with Crippen LogP contribution in [0.25, 0.3) is 0 Å². The minimum atomic E-state index is -0.305. The van der Waals surface area contributed by atoms with Gasteiger partial charge in [-0.25, -0.2) is 9.07 Å². The Balaban J connectivity index is 1.73. The van der Waals surface area contributed by atoms with Gasteiger partial charge in [0, 0.05) is 5.56 Å². The first kappa shape index (κ1) is 16.3. The summed E-state index contributed by atoms with van der Waals surface area (Å²) in [5, 5.41) is 15.1. The maximum atomic E-state index is 14.4. The Morgan fingerprint density at radius 2 is 1.92 bits per heavy atom. The first-order valence-corrected chi connectivity index (χ1v) is 8.22. The van der Waals surface area contributed by atoms with Crippen molar-refractivity contribution in [2.75, 3.05) is 19.5 Å². The Morgan fingerprint density at radius 3 is 2.69 bits per heavy atom. The fourth-order valence-corrected chi connectivity index (χ4v) is 3.33. The van der Waals surface area contributed by atoms with Crippen LogP contribution in [0.2, 0.25) is 0 Å². The predicted octanol–water partition coefficient (Wildman–Crippen LogP) is 2.98. The fourth-order valence-electron chi connectivity index (χ4n) is 3.33. The number of hydrogen-bond acceptors (Lipinski definition) is 6. The molecule has 3 aromatic rings. The molecule has 8 heteroatoms. The van der Waals surface area contributed by atoms with Crippen LogP contribution in [0, 0.1) is 5.82 Å². The highest BCUT2D eigenvalue weighted by Crippen LogP contribution is 2.39. The zero-order chi connectivity index (χ0) is 18.1. The summed E-state index contributed by atoms with van der Waals surface area (Å²) in [6, 6.07) is 12.0. The average Bonchev–Trinajstić information content (AvgIpc) is 3.16. The molecule has 0 radical (unpaired) electrons. The van der Waals surface area contributed by atoms with Crippen molar-refractivity contribution in [2.24, 2.45) is 0 Å². The number of anilines is 1. The molecular formula is C18H18FN5O2. The molecule has 2 heterocycles. The van der Waals surface area contributed by atoms with Crippen LogP contribution in [0.4, 0.5) is 10.3 Å². The van der Waals surface area contributed by atoms with Crippen LogP contribution in [-0.4, -0.2) is 34.4 Å². The van der Waals surface area contributed by atoms with Crippen molar-refractivity contribution < 1.29 is 13.9 Å². The quantitative estimate of drug-likeness (QED) is 0.776. The average molecular weight is 355 g/mol. The lowest BCUT2D eigenvalue weighted by atomic mass is 9.93. The molecule has 0 saturated heterocycles. The van der Waals surface area contributed by atoms with E-state index in [2.05, 4.69) is 20.8 Å². The molecule has 4 rings (SSSR count). The van der Waals surface area contributed by atoms with Crippen molar-refractivity contribution in [3.63, 3.8) is 0 Å². The Labute approximate surface area is 149 Å². The predicted molar refractivity (Wildman–Crippen MR) is 92.9 cm³/mol. The van der Waals surface area contributed by atoms with E-state index in [1.165, 1.54) is 6.07 Å². The fraction of sp³-hybridized carbons (Fsp3) is 0.278. The number of aromatic nitrogens is 4. The zero-order valence-electron chi connectivity index (χ0n) is 14.4. The number of rotatable bonds is 4. The van der Waals surface area contributed by atoms with Crippen LogP contribution in [0.5, 0.6) is 11.5 Å². The summed E-state index contributed by atoms with van der Waals surface area (Å²) in [5.74, 6) is 1.53. The molecule has 0 saturated carbocycles. The van der Waals surface area contributed by atoms with Gasteiger partial charge in [0.05, 0.1) is 26.3 Å². The molecular weight excluding hydrogens is 337 g/mol. The molecule has 7 nitrogen and oxygen atoms in total. The van der Waals surface area contributed by atoms with E-state index in [4.69, 9.17) is 9.47 Å². The van der Waals surface area contributed by atoms with Gasteiger partial charge in [-0.1, -0.05) is 29.4 Å². The third-order valence-electron chi connectivity index (χ3n) is 4.62. The highest BCUT2D eigenvalue weighted by atomic mass is 19.1. The van der Waals surface area contributed by atoms with Crippen molar-refractivity contribution >= 4 is 5.95 Å². The normalized spacial score (nSPS) is 18.7. The summed E-state index contributed by atoms with van der Waals surface area (Å²) in [6.07, 6.45) is 0.592. The molecule has 1 N–H and O–H groups in total. The smallest absolute Gasteiger partial charge is 0.243 e. The highest BCUT2D eigenvalue weighted by molar-refractivity contribution is 5.46. The van der Waals surface area contributed by atoms with Gasteiger partial charge in [-0.15, -0.1) is 0 Å². The second-order valence-corrected chi connectivity index (χ2v) is 6.03. The maximum absolute atomic E-state index is 14.4. The van der Waals surface area contributed by atoms with Crippen molar-refractivity contribution in [1.29, 1.82) is 0 Å². The summed E-state index contributed by atoms with van der Waals surface area (Å²) in [6.45, 7) is 0. The van der Waals surface area contributed by atoms with Crippen LogP contribution in [0.1, 0.15) is 29.6 Å². The third kappa shape index (κ3) is 2.73. The van der Waals surface area contributed by atoms with Gasteiger partial charge in [-0.05, 0) is 40.6 Å². The number of halogens is 1. The second kappa shape index (κ2) is 6.62. The Kier molecular flexibility index (Phi) is 4.16. The Hall–Kier alpha value is -3.16. The minimum absolute atomic E-state index is 0.0992. The number of methoxy groups -OCH3 is 2. The topological polar surface area (TPSA) is 74.1 Å². The molecule has 0 fully saturated rings. The Morgan fingerprint density at radius 1 is 1.12 bits per heavy atom. The molecule has 2 atom stereocenters. The van der Waals surface area contributed by atoms with Crippen molar-refractivity contribution in [2.45, 2.75) is 18.5 Å². The van der Waals surface area contributed by atoms with Crippen molar-refractivity contribution in [1.82, 2.24) is 20.2 Å². The summed E-state index contributed by atoms with van der Waals surface area (Å²) >= 11 is 0. The Bertz CT molecular complexity index is 929.